The van der Waals surface area contributed by atoms with E-state index in [2.05, 4.69) is 16.0 Å². The van der Waals surface area contributed by atoms with Gasteiger partial charge in [0.2, 0.25) is 5.91 Å². The Bertz CT molecular complexity index is 468. The van der Waals surface area contributed by atoms with Gasteiger partial charge < -0.3 is 16.0 Å². The van der Waals surface area contributed by atoms with Crippen molar-refractivity contribution >= 4 is 17.5 Å². The van der Waals surface area contributed by atoms with E-state index in [-0.39, 0.29) is 17.7 Å². The summed E-state index contributed by atoms with van der Waals surface area (Å²) in [6, 6.07) is 7.00. The quantitative estimate of drug-likeness (QED) is 0.757. The van der Waals surface area contributed by atoms with E-state index in [0.29, 0.717) is 17.8 Å². The van der Waals surface area contributed by atoms with Gasteiger partial charge in [-0.15, -0.1) is 0 Å². The topological polar surface area (TPSA) is 70.2 Å². The summed E-state index contributed by atoms with van der Waals surface area (Å²) in [5.74, 6) is -0.0905. The van der Waals surface area contributed by atoms with Crippen LogP contribution in [0.2, 0.25) is 0 Å². The smallest absolute Gasteiger partial charge is 0.251 e. The Kier molecular flexibility index (Phi) is 4.52. The van der Waals surface area contributed by atoms with Gasteiger partial charge in [0.05, 0.1) is 5.92 Å². The molecule has 5 nitrogen and oxygen atoms in total. The van der Waals surface area contributed by atoms with Crippen molar-refractivity contribution in [3.05, 3.63) is 29.8 Å². The zero-order valence-corrected chi connectivity index (χ0v) is 11.0. The molecule has 1 atom stereocenters. The lowest BCUT2D eigenvalue weighted by Crippen LogP contribution is -2.25. The molecule has 1 saturated heterocycles. The number of hydrogen-bond donors (Lipinski definition) is 3. The Morgan fingerprint density at radius 3 is 2.95 bits per heavy atom. The molecule has 1 heterocycles. The minimum Gasteiger partial charge on any atom is -0.352 e. The van der Waals surface area contributed by atoms with Crippen molar-refractivity contribution in [2.75, 3.05) is 25.0 Å². The number of hydrogen-bond acceptors (Lipinski definition) is 3. The summed E-state index contributed by atoms with van der Waals surface area (Å²) >= 11 is 0. The SMILES string of the molecule is CCNC(=O)c1cccc(NC(=O)C2CCNC2)c1. The second-order valence-electron chi connectivity index (χ2n) is 4.62. The number of rotatable bonds is 4. The van der Waals surface area contributed by atoms with Crippen molar-refractivity contribution in [3.63, 3.8) is 0 Å². The van der Waals surface area contributed by atoms with Gasteiger partial charge in [0.1, 0.15) is 0 Å². The normalized spacial score (nSPS) is 18.1. The fourth-order valence-corrected chi connectivity index (χ4v) is 2.12. The van der Waals surface area contributed by atoms with Crippen LogP contribution in [0.15, 0.2) is 24.3 Å². The summed E-state index contributed by atoms with van der Waals surface area (Å²) in [7, 11) is 0. The third-order valence-corrected chi connectivity index (χ3v) is 3.16. The van der Waals surface area contributed by atoms with E-state index in [1.807, 2.05) is 6.92 Å². The summed E-state index contributed by atoms with van der Waals surface area (Å²) < 4.78 is 0. The van der Waals surface area contributed by atoms with E-state index >= 15 is 0 Å². The van der Waals surface area contributed by atoms with Gasteiger partial charge in [-0.05, 0) is 38.1 Å². The van der Waals surface area contributed by atoms with Gasteiger partial charge in [0, 0.05) is 24.3 Å². The van der Waals surface area contributed by atoms with E-state index in [9.17, 15) is 9.59 Å². The zero-order valence-electron chi connectivity index (χ0n) is 11.0. The summed E-state index contributed by atoms with van der Waals surface area (Å²) in [5, 5.41) is 8.76. The minimum absolute atomic E-state index is 0.0121. The van der Waals surface area contributed by atoms with Crippen molar-refractivity contribution in [1.82, 2.24) is 10.6 Å². The summed E-state index contributed by atoms with van der Waals surface area (Å²) in [6.07, 6.45) is 0.863. The highest BCUT2D eigenvalue weighted by atomic mass is 16.2. The molecule has 1 aromatic rings. The molecule has 0 saturated carbocycles. The number of carbonyl (C=O) groups is 2. The molecule has 19 heavy (non-hydrogen) atoms. The molecule has 2 amide bonds. The summed E-state index contributed by atoms with van der Waals surface area (Å²) in [4.78, 5) is 23.7. The largest absolute Gasteiger partial charge is 0.352 e. The predicted molar refractivity (Wildman–Crippen MR) is 74.1 cm³/mol. The van der Waals surface area contributed by atoms with Crippen LogP contribution in [0.1, 0.15) is 23.7 Å². The number of anilines is 1. The molecule has 102 valence electrons. The molecule has 5 heteroatoms. The highest BCUT2D eigenvalue weighted by Crippen LogP contribution is 2.14. The molecular weight excluding hydrogens is 242 g/mol. The van der Waals surface area contributed by atoms with Gasteiger partial charge in [0.25, 0.3) is 5.91 Å². The molecule has 1 aliphatic rings. The zero-order chi connectivity index (χ0) is 13.7. The Morgan fingerprint density at radius 2 is 2.26 bits per heavy atom. The molecule has 0 bridgehead atoms. The van der Waals surface area contributed by atoms with Crippen LogP contribution in [-0.4, -0.2) is 31.4 Å². The van der Waals surface area contributed by atoms with Crippen LogP contribution in [0.25, 0.3) is 0 Å². The van der Waals surface area contributed by atoms with Crippen LogP contribution >= 0.6 is 0 Å². The molecule has 1 aromatic carbocycles. The van der Waals surface area contributed by atoms with Gasteiger partial charge in [-0.3, -0.25) is 9.59 Å². The predicted octanol–water partition coefficient (Wildman–Crippen LogP) is 0.984. The highest BCUT2D eigenvalue weighted by Gasteiger charge is 2.22. The van der Waals surface area contributed by atoms with Crippen LogP contribution < -0.4 is 16.0 Å². The van der Waals surface area contributed by atoms with Gasteiger partial charge in [-0.1, -0.05) is 6.07 Å². The maximum Gasteiger partial charge on any atom is 0.251 e. The van der Waals surface area contributed by atoms with Crippen molar-refractivity contribution in [2.45, 2.75) is 13.3 Å². The van der Waals surface area contributed by atoms with Crippen molar-refractivity contribution in [3.8, 4) is 0 Å². The highest BCUT2D eigenvalue weighted by molar-refractivity contribution is 5.97. The second-order valence-corrected chi connectivity index (χ2v) is 4.62. The van der Waals surface area contributed by atoms with Gasteiger partial charge in [-0.25, -0.2) is 0 Å². The van der Waals surface area contributed by atoms with Crippen molar-refractivity contribution < 1.29 is 9.59 Å². The second kappa shape index (κ2) is 6.33. The Hall–Kier alpha value is -1.88. The monoisotopic (exact) mass is 261 g/mol. The lowest BCUT2D eigenvalue weighted by atomic mass is 10.1. The molecule has 0 aromatic heterocycles. The standard InChI is InChI=1S/C14H19N3O2/c1-2-16-13(18)10-4-3-5-12(8-10)17-14(19)11-6-7-15-9-11/h3-5,8,11,15H,2,6-7,9H2,1H3,(H,16,18)(H,17,19). The molecule has 0 spiro atoms. The van der Waals surface area contributed by atoms with Crippen molar-refractivity contribution in [1.29, 1.82) is 0 Å². The number of amides is 2. The molecule has 1 unspecified atom stereocenters. The first kappa shape index (κ1) is 13.5. The van der Waals surface area contributed by atoms with E-state index in [4.69, 9.17) is 0 Å². The van der Waals surface area contributed by atoms with Crippen LogP contribution in [0, 0.1) is 5.92 Å². The molecule has 0 radical (unpaired) electrons. The first-order valence-electron chi connectivity index (χ1n) is 6.60. The van der Waals surface area contributed by atoms with E-state index in [0.717, 1.165) is 19.5 Å². The number of benzene rings is 1. The van der Waals surface area contributed by atoms with Crippen LogP contribution in [0.4, 0.5) is 5.69 Å². The van der Waals surface area contributed by atoms with Crippen LogP contribution in [-0.2, 0) is 4.79 Å². The lowest BCUT2D eigenvalue weighted by Gasteiger charge is -2.11. The first-order valence-corrected chi connectivity index (χ1v) is 6.60. The molecular formula is C14H19N3O2. The Morgan fingerprint density at radius 1 is 1.42 bits per heavy atom. The number of nitrogens with one attached hydrogen (secondary N) is 3. The minimum atomic E-state index is -0.124. The molecule has 3 N–H and O–H groups in total. The van der Waals surface area contributed by atoms with Gasteiger partial charge in [0.15, 0.2) is 0 Å². The summed E-state index contributed by atoms with van der Waals surface area (Å²) in [6.45, 7) is 4.07. The lowest BCUT2D eigenvalue weighted by molar-refractivity contribution is -0.119. The maximum absolute atomic E-state index is 12.0. The van der Waals surface area contributed by atoms with Gasteiger partial charge >= 0.3 is 0 Å². The fourth-order valence-electron chi connectivity index (χ4n) is 2.12. The number of carbonyl (C=O) groups excluding carboxylic acids is 2. The Balaban J connectivity index is 2.02. The van der Waals surface area contributed by atoms with E-state index in [1.54, 1.807) is 24.3 Å². The third-order valence-electron chi connectivity index (χ3n) is 3.16. The summed E-state index contributed by atoms with van der Waals surface area (Å²) in [5.41, 5.74) is 1.23. The Labute approximate surface area is 112 Å². The van der Waals surface area contributed by atoms with Gasteiger partial charge in [-0.2, -0.15) is 0 Å². The average molecular weight is 261 g/mol. The molecule has 1 fully saturated rings. The fraction of sp³-hybridized carbons (Fsp3) is 0.429. The maximum atomic E-state index is 12.0. The first-order chi connectivity index (χ1) is 9.20. The van der Waals surface area contributed by atoms with Crippen LogP contribution in [0.5, 0.6) is 0 Å². The van der Waals surface area contributed by atoms with E-state index < -0.39 is 0 Å². The van der Waals surface area contributed by atoms with Crippen LogP contribution in [0.3, 0.4) is 0 Å². The average Bonchev–Trinajstić information content (AvgIpc) is 2.93. The molecule has 0 aliphatic carbocycles. The van der Waals surface area contributed by atoms with E-state index in [1.165, 1.54) is 0 Å². The molecule has 1 aliphatic heterocycles. The third kappa shape index (κ3) is 3.54. The molecule has 2 rings (SSSR count). The van der Waals surface area contributed by atoms with Crippen molar-refractivity contribution in [2.24, 2.45) is 5.92 Å².